The fourth-order valence-corrected chi connectivity index (χ4v) is 1.95. The number of aryl methyl sites for hydroxylation is 1. The lowest BCUT2D eigenvalue weighted by Gasteiger charge is -2.10. The Morgan fingerprint density at radius 3 is 2.64 bits per heavy atom. The molecule has 0 saturated heterocycles. The van der Waals surface area contributed by atoms with Gasteiger partial charge < -0.3 is 10.6 Å². The molecular formula is C14H15F3N4O. The van der Waals surface area contributed by atoms with Crippen molar-refractivity contribution in [3.05, 3.63) is 41.7 Å². The van der Waals surface area contributed by atoms with E-state index in [0.29, 0.717) is 12.2 Å². The highest BCUT2D eigenvalue weighted by Gasteiger charge is 2.30. The molecule has 0 aliphatic carbocycles. The lowest BCUT2D eigenvalue weighted by atomic mass is 10.2. The van der Waals surface area contributed by atoms with Crippen molar-refractivity contribution in [2.75, 3.05) is 10.6 Å². The number of benzene rings is 1. The van der Waals surface area contributed by atoms with Gasteiger partial charge in [-0.2, -0.15) is 18.3 Å². The maximum absolute atomic E-state index is 12.6. The first kappa shape index (κ1) is 15.9. The maximum atomic E-state index is 12.6. The average Bonchev–Trinajstić information content (AvgIpc) is 2.79. The number of hydrogen-bond donors (Lipinski definition) is 2. The van der Waals surface area contributed by atoms with E-state index < -0.39 is 17.8 Å². The van der Waals surface area contributed by atoms with Crippen molar-refractivity contribution in [3.63, 3.8) is 0 Å². The summed E-state index contributed by atoms with van der Waals surface area (Å²) >= 11 is 0. The summed E-state index contributed by atoms with van der Waals surface area (Å²) in [4.78, 5) is 11.9. The summed E-state index contributed by atoms with van der Waals surface area (Å²) in [6.45, 7) is 4.35. The fourth-order valence-electron chi connectivity index (χ4n) is 1.95. The van der Waals surface area contributed by atoms with Gasteiger partial charge in [0.1, 0.15) is 0 Å². The molecule has 0 fully saturated rings. The molecule has 0 aliphatic heterocycles. The van der Waals surface area contributed by atoms with Gasteiger partial charge in [-0.05, 0) is 32.0 Å². The second kappa shape index (κ2) is 6.08. The molecule has 2 aromatic rings. The molecule has 22 heavy (non-hydrogen) atoms. The molecule has 0 radical (unpaired) electrons. The zero-order chi connectivity index (χ0) is 16.3. The number of alkyl halides is 3. The molecule has 1 aromatic heterocycles. The highest BCUT2D eigenvalue weighted by Crippen LogP contribution is 2.30. The van der Waals surface area contributed by atoms with Crippen LogP contribution in [0.4, 0.5) is 29.3 Å². The van der Waals surface area contributed by atoms with Crippen molar-refractivity contribution in [1.82, 2.24) is 9.78 Å². The summed E-state index contributed by atoms with van der Waals surface area (Å²) in [6, 6.07) is 3.81. The summed E-state index contributed by atoms with van der Waals surface area (Å²) in [5.41, 5.74) is 0.515. The van der Waals surface area contributed by atoms with Crippen LogP contribution in [-0.4, -0.2) is 15.8 Å². The zero-order valence-corrected chi connectivity index (χ0v) is 12.0. The van der Waals surface area contributed by atoms with Crippen molar-refractivity contribution in [3.8, 4) is 0 Å². The van der Waals surface area contributed by atoms with E-state index in [-0.39, 0.29) is 5.69 Å². The van der Waals surface area contributed by atoms with Gasteiger partial charge >= 0.3 is 12.2 Å². The Morgan fingerprint density at radius 1 is 1.32 bits per heavy atom. The van der Waals surface area contributed by atoms with Crippen LogP contribution in [-0.2, 0) is 12.7 Å². The largest absolute Gasteiger partial charge is 0.416 e. The minimum atomic E-state index is -4.45. The van der Waals surface area contributed by atoms with E-state index >= 15 is 0 Å². The standard InChI is InChI=1S/C14H15F3N4O/c1-3-21-9(2)12(8-18-21)20-13(22)19-11-6-4-5-10(7-11)14(15,16)17/h4-8H,3H2,1-2H3,(H2,19,20,22). The number of nitrogens with zero attached hydrogens (tertiary/aromatic N) is 2. The number of carbonyl (C=O) groups excluding carboxylic acids is 1. The van der Waals surface area contributed by atoms with E-state index in [4.69, 9.17) is 0 Å². The first-order chi connectivity index (χ1) is 10.3. The van der Waals surface area contributed by atoms with Crippen LogP contribution >= 0.6 is 0 Å². The lowest BCUT2D eigenvalue weighted by Crippen LogP contribution is -2.20. The van der Waals surface area contributed by atoms with Gasteiger partial charge in [-0.3, -0.25) is 4.68 Å². The van der Waals surface area contributed by atoms with Gasteiger partial charge in [-0.25, -0.2) is 4.79 Å². The third kappa shape index (κ3) is 3.57. The first-order valence-corrected chi connectivity index (χ1v) is 6.59. The lowest BCUT2D eigenvalue weighted by molar-refractivity contribution is -0.137. The number of rotatable bonds is 3. The monoisotopic (exact) mass is 312 g/mol. The predicted octanol–water partition coefficient (Wildman–Crippen LogP) is 3.87. The first-order valence-electron chi connectivity index (χ1n) is 6.59. The summed E-state index contributed by atoms with van der Waals surface area (Å²) < 4.78 is 39.5. The van der Waals surface area contributed by atoms with Crippen LogP contribution in [0, 0.1) is 6.92 Å². The number of carbonyl (C=O) groups is 1. The van der Waals surface area contributed by atoms with Gasteiger partial charge in [0.25, 0.3) is 0 Å². The summed E-state index contributed by atoms with van der Waals surface area (Å²) in [6.07, 6.45) is -2.96. The third-order valence-corrected chi connectivity index (χ3v) is 3.10. The zero-order valence-electron chi connectivity index (χ0n) is 12.0. The summed E-state index contributed by atoms with van der Waals surface area (Å²) in [7, 11) is 0. The van der Waals surface area contributed by atoms with E-state index in [1.165, 1.54) is 18.3 Å². The quantitative estimate of drug-likeness (QED) is 0.903. The molecule has 0 spiro atoms. The van der Waals surface area contributed by atoms with Crippen LogP contribution in [0.5, 0.6) is 0 Å². The van der Waals surface area contributed by atoms with Gasteiger partial charge in [0.2, 0.25) is 0 Å². The highest BCUT2D eigenvalue weighted by molar-refractivity contribution is 6.00. The maximum Gasteiger partial charge on any atom is 0.416 e. The van der Waals surface area contributed by atoms with Gasteiger partial charge in [0.05, 0.1) is 23.1 Å². The molecule has 2 N–H and O–H groups in total. The summed E-state index contributed by atoms with van der Waals surface area (Å²) in [5.74, 6) is 0. The molecule has 2 amide bonds. The average molecular weight is 312 g/mol. The molecule has 5 nitrogen and oxygen atoms in total. The number of nitrogens with one attached hydrogen (secondary N) is 2. The topological polar surface area (TPSA) is 59.0 Å². The van der Waals surface area contributed by atoms with E-state index in [9.17, 15) is 18.0 Å². The molecule has 2 rings (SSSR count). The number of anilines is 2. The van der Waals surface area contributed by atoms with Crippen molar-refractivity contribution in [2.45, 2.75) is 26.6 Å². The van der Waals surface area contributed by atoms with E-state index in [1.54, 1.807) is 11.6 Å². The molecule has 0 saturated carbocycles. The van der Waals surface area contributed by atoms with Crippen LogP contribution < -0.4 is 10.6 Å². The number of aromatic nitrogens is 2. The Balaban J connectivity index is 2.07. The smallest absolute Gasteiger partial charge is 0.308 e. The van der Waals surface area contributed by atoms with Crippen LogP contribution in [0.15, 0.2) is 30.5 Å². The Hall–Kier alpha value is -2.51. The second-order valence-electron chi connectivity index (χ2n) is 4.62. The Morgan fingerprint density at radius 2 is 2.05 bits per heavy atom. The molecule has 1 heterocycles. The third-order valence-electron chi connectivity index (χ3n) is 3.10. The van der Waals surface area contributed by atoms with E-state index in [1.807, 2.05) is 6.92 Å². The van der Waals surface area contributed by atoms with Crippen LogP contribution in [0.25, 0.3) is 0 Å². The van der Waals surface area contributed by atoms with Crippen LogP contribution in [0.1, 0.15) is 18.2 Å². The predicted molar refractivity (Wildman–Crippen MR) is 76.7 cm³/mol. The van der Waals surface area contributed by atoms with Crippen LogP contribution in [0.3, 0.4) is 0 Å². The number of halogens is 3. The highest BCUT2D eigenvalue weighted by atomic mass is 19.4. The van der Waals surface area contributed by atoms with Gasteiger partial charge in [0, 0.05) is 12.2 Å². The van der Waals surface area contributed by atoms with Gasteiger partial charge in [0.15, 0.2) is 0 Å². The van der Waals surface area contributed by atoms with E-state index in [0.717, 1.165) is 17.8 Å². The minimum Gasteiger partial charge on any atom is -0.308 e. The van der Waals surface area contributed by atoms with Crippen molar-refractivity contribution in [2.24, 2.45) is 0 Å². The van der Waals surface area contributed by atoms with Crippen LogP contribution in [0.2, 0.25) is 0 Å². The molecule has 0 bridgehead atoms. The SMILES string of the molecule is CCn1ncc(NC(=O)Nc2cccc(C(F)(F)F)c2)c1C. The molecule has 1 aromatic carbocycles. The fraction of sp³-hybridized carbons (Fsp3) is 0.286. The van der Waals surface area contributed by atoms with Gasteiger partial charge in [-0.15, -0.1) is 0 Å². The number of hydrogen-bond acceptors (Lipinski definition) is 2. The molecule has 0 unspecified atom stereocenters. The normalized spacial score (nSPS) is 11.3. The Kier molecular flexibility index (Phi) is 4.39. The van der Waals surface area contributed by atoms with Crippen molar-refractivity contribution >= 4 is 17.4 Å². The Bertz CT molecular complexity index is 679. The van der Waals surface area contributed by atoms with Crippen molar-refractivity contribution < 1.29 is 18.0 Å². The molecule has 0 aliphatic rings. The van der Waals surface area contributed by atoms with Gasteiger partial charge in [-0.1, -0.05) is 6.07 Å². The van der Waals surface area contributed by atoms with E-state index in [2.05, 4.69) is 15.7 Å². The molecule has 0 atom stereocenters. The second-order valence-corrected chi connectivity index (χ2v) is 4.62. The Labute approximate surface area is 125 Å². The minimum absolute atomic E-state index is 0.0628. The summed E-state index contributed by atoms with van der Waals surface area (Å²) in [5, 5.41) is 8.99. The molecular weight excluding hydrogens is 297 g/mol. The molecule has 8 heteroatoms. The number of urea groups is 1. The van der Waals surface area contributed by atoms with Crippen molar-refractivity contribution in [1.29, 1.82) is 0 Å². The molecule has 118 valence electrons. The number of amides is 2.